The van der Waals surface area contributed by atoms with Gasteiger partial charge in [0.05, 0.1) is 11.7 Å². The molecule has 2 aliphatic heterocycles. The van der Waals surface area contributed by atoms with Gasteiger partial charge in [-0.25, -0.2) is 4.79 Å². The second-order valence-electron chi connectivity index (χ2n) is 6.95. The first kappa shape index (κ1) is 20.0. The molecule has 2 aromatic rings. The van der Waals surface area contributed by atoms with Gasteiger partial charge in [-0.3, -0.25) is 4.79 Å². The van der Waals surface area contributed by atoms with Crippen molar-refractivity contribution in [2.75, 3.05) is 38.4 Å². The van der Waals surface area contributed by atoms with E-state index in [1.807, 2.05) is 0 Å². The molecule has 0 aliphatic carbocycles. The third-order valence-corrected chi connectivity index (χ3v) is 4.71. The topological polar surface area (TPSA) is 92.3 Å². The number of anilines is 1. The van der Waals surface area contributed by atoms with E-state index in [4.69, 9.17) is 23.7 Å². The maximum atomic E-state index is 12.2. The number of fused-ring (bicyclic) bond motifs is 1. The first-order valence-electron chi connectivity index (χ1n) is 9.88. The zero-order valence-electron chi connectivity index (χ0n) is 16.4. The number of rotatable bonds is 7. The fourth-order valence-corrected chi connectivity index (χ4v) is 3.18. The maximum Gasteiger partial charge on any atom is 0.338 e. The van der Waals surface area contributed by atoms with Crippen LogP contribution in [0.4, 0.5) is 5.69 Å². The molecule has 30 heavy (non-hydrogen) atoms. The molecule has 2 aliphatic rings. The number of esters is 1. The van der Waals surface area contributed by atoms with E-state index in [-0.39, 0.29) is 6.10 Å². The third kappa shape index (κ3) is 5.21. The van der Waals surface area contributed by atoms with Crippen molar-refractivity contribution in [3.8, 4) is 17.2 Å². The van der Waals surface area contributed by atoms with Crippen molar-refractivity contribution in [3.05, 3.63) is 48.0 Å². The number of carbonyl (C=O) groups is 2. The first-order chi connectivity index (χ1) is 14.7. The Labute approximate surface area is 174 Å². The van der Waals surface area contributed by atoms with Gasteiger partial charge in [0.2, 0.25) is 0 Å². The molecule has 1 saturated heterocycles. The lowest BCUT2D eigenvalue weighted by atomic mass is 10.2. The predicted molar refractivity (Wildman–Crippen MR) is 107 cm³/mol. The zero-order valence-corrected chi connectivity index (χ0v) is 16.4. The minimum atomic E-state index is -0.585. The van der Waals surface area contributed by atoms with Crippen molar-refractivity contribution >= 4 is 17.6 Å². The summed E-state index contributed by atoms with van der Waals surface area (Å²) in [5, 5.41) is 2.67. The summed E-state index contributed by atoms with van der Waals surface area (Å²) < 4.78 is 27.2. The molecule has 4 rings (SSSR count). The zero-order chi connectivity index (χ0) is 20.8. The number of hydrogen-bond acceptors (Lipinski definition) is 7. The number of hydrogen-bond donors (Lipinski definition) is 1. The SMILES string of the molecule is O=C(COC(=O)c1ccc(OCC2CCCO2)cc1)Nc1ccc2c(c1)OCCO2. The largest absolute Gasteiger partial charge is 0.491 e. The summed E-state index contributed by atoms with van der Waals surface area (Å²) >= 11 is 0. The standard InChI is InChI=1S/C22H23NO7/c24-21(23-16-5-8-19-20(12-16)28-11-10-27-19)14-30-22(25)15-3-6-17(7-4-15)29-13-18-2-1-9-26-18/h3-8,12,18H,1-2,9-11,13-14H2,(H,23,24). The third-order valence-electron chi connectivity index (χ3n) is 4.71. The maximum absolute atomic E-state index is 12.2. The van der Waals surface area contributed by atoms with Crippen LogP contribution in [0.25, 0.3) is 0 Å². The van der Waals surface area contributed by atoms with Gasteiger partial charge in [0.15, 0.2) is 18.1 Å². The summed E-state index contributed by atoms with van der Waals surface area (Å²) in [4.78, 5) is 24.3. The van der Waals surface area contributed by atoms with Crippen molar-refractivity contribution in [2.24, 2.45) is 0 Å². The molecule has 1 atom stereocenters. The second-order valence-corrected chi connectivity index (χ2v) is 6.95. The minimum Gasteiger partial charge on any atom is -0.491 e. The van der Waals surface area contributed by atoms with Gasteiger partial charge in [-0.1, -0.05) is 0 Å². The summed E-state index contributed by atoms with van der Waals surface area (Å²) in [5.41, 5.74) is 0.875. The normalized spacial score (nSPS) is 17.3. The highest BCUT2D eigenvalue weighted by atomic mass is 16.6. The minimum absolute atomic E-state index is 0.127. The first-order valence-corrected chi connectivity index (χ1v) is 9.88. The smallest absolute Gasteiger partial charge is 0.338 e. The molecule has 2 aromatic carbocycles. The Hall–Kier alpha value is -3.26. The molecule has 0 saturated carbocycles. The monoisotopic (exact) mass is 413 g/mol. The van der Waals surface area contributed by atoms with Crippen LogP contribution in [-0.2, 0) is 14.3 Å². The van der Waals surface area contributed by atoms with E-state index in [2.05, 4.69) is 5.32 Å². The molecule has 1 unspecified atom stereocenters. The van der Waals surface area contributed by atoms with Gasteiger partial charge in [0, 0.05) is 18.4 Å². The Morgan fingerprint density at radius 2 is 1.80 bits per heavy atom. The molecule has 2 heterocycles. The summed E-state index contributed by atoms with van der Waals surface area (Å²) in [5.74, 6) is 0.819. The van der Waals surface area contributed by atoms with Gasteiger partial charge in [0.1, 0.15) is 25.6 Å². The van der Waals surface area contributed by atoms with Gasteiger partial charge in [-0.2, -0.15) is 0 Å². The molecular formula is C22H23NO7. The number of amides is 1. The quantitative estimate of drug-likeness (QED) is 0.698. The molecule has 1 fully saturated rings. The molecule has 8 heteroatoms. The van der Waals surface area contributed by atoms with Crippen molar-refractivity contribution in [3.63, 3.8) is 0 Å². The van der Waals surface area contributed by atoms with Crippen molar-refractivity contribution < 1.29 is 33.3 Å². The van der Waals surface area contributed by atoms with Gasteiger partial charge in [-0.15, -0.1) is 0 Å². The Bertz CT molecular complexity index is 891. The number of carbonyl (C=O) groups excluding carboxylic acids is 2. The Kier molecular flexibility index (Phi) is 6.34. The van der Waals surface area contributed by atoms with E-state index in [0.717, 1.165) is 19.4 Å². The Morgan fingerprint density at radius 1 is 1.00 bits per heavy atom. The van der Waals surface area contributed by atoms with Crippen LogP contribution in [0.5, 0.6) is 17.2 Å². The second kappa shape index (κ2) is 9.49. The van der Waals surface area contributed by atoms with Crippen LogP contribution in [0, 0.1) is 0 Å². The van der Waals surface area contributed by atoms with Crippen molar-refractivity contribution in [1.82, 2.24) is 0 Å². The number of benzene rings is 2. The summed E-state index contributed by atoms with van der Waals surface area (Å²) in [6.07, 6.45) is 2.18. The van der Waals surface area contributed by atoms with Gasteiger partial charge in [-0.05, 0) is 49.2 Å². The fraction of sp³-hybridized carbons (Fsp3) is 0.364. The number of ether oxygens (including phenoxy) is 5. The molecule has 1 N–H and O–H groups in total. The van der Waals surface area contributed by atoms with Crippen LogP contribution in [0.2, 0.25) is 0 Å². The summed E-state index contributed by atoms with van der Waals surface area (Å²) in [7, 11) is 0. The van der Waals surface area contributed by atoms with Crippen LogP contribution in [-0.4, -0.2) is 51.0 Å². The van der Waals surface area contributed by atoms with E-state index >= 15 is 0 Å². The highest BCUT2D eigenvalue weighted by molar-refractivity contribution is 5.95. The van der Waals surface area contributed by atoms with Gasteiger partial charge >= 0.3 is 5.97 Å². The van der Waals surface area contributed by atoms with Gasteiger partial charge < -0.3 is 29.0 Å². The fourth-order valence-electron chi connectivity index (χ4n) is 3.18. The molecule has 0 aromatic heterocycles. The highest BCUT2D eigenvalue weighted by Crippen LogP contribution is 2.32. The van der Waals surface area contributed by atoms with E-state index in [1.165, 1.54) is 0 Å². The lowest BCUT2D eigenvalue weighted by Gasteiger charge is -2.19. The Morgan fingerprint density at radius 3 is 2.57 bits per heavy atom. The van der Waals surface area contributed by atoms with Crippen molar-refractivity contribution in [1.29, 1.82) is 0 Å². The van der Waals surface area contributed by atoms with Gasteiger partial charge in [0.25, 0.3) is 5.91 Å². The van der Waals surface area contributed by atoms with Crippen LogP contribution < -0.4 is 19.5 Å². The number of nitrogens with one attached hydrogen (secondary N) is 1. The molecule has 8 nitrogen and oxygen atoms in total. The lowest BCUT2D eigenvalue weighted by Crippen LogP contribution is -2.21. The van der Waals surface area contributed by atoms with E-state index < -0.39 is 18.5 Å². The highest BCUT2D eigenvalue weighted by Gasteiger charge is 2.17. The summed E-state index contributed by atoms with van der Waals surface area (Å²) in [6.45, 7) is 1.83. The molecule has 0 radical (unpaired) electrons. The van der Waals surface area contributed by atoms with E-state index in [1.54, 1.807) is 42.5 Å². The molecule has 0 spiro atoms. The molecular weight excluding hydrogens is 390 g/mol. The predicted octanol–water partition coefficient (Wildman–Crippen LogP) is 2.81. The average molecular weight is 413 g/mol. The van der Waals surface area contributed by atoms with Crippen LogP contribution >= 0.6 is 0 Å². The molecule has 158 valence electrons. The van der Waals surface area contributed by atoms with E-state index in [9.17, 15) is 9.59 Å². The molecule has 0 bridgehead atoms. The average Bonchev–Trinajstić information content (AvgIpc) is 3.30. The molecule has 1 amide bonds. The van der Waals surface area contributed by atoms with Crippen molar-refractivity contribution in [2.45, 2.75) is 18.9 Å². The summed E-state index contributed by atoms with van der Waals surface area (Å²) in [6, 6.07) is 11.7. The van der Waals surface area contributed by atoms with Crippen LogP contribution in [0.3, 0.4) is 0 Å². The van der Waals surface area contributed by atoms with Crippen LogP contribution in [0.1, 0.15) is 23.2 Å². The van der Waals surface area contributed by atoms with Crippen LogP contribution in [0.15, 0.2) is 42.5 Å². The van der Waals surface area contributed by atoms with E-state index in [0.29, 0.717) is 48.3 Å². The lowest BCUT2D eigenvalue weighted by molar-refractivity contribution is -0.119. The Balaban J connectivity index is 1.23.